The van der Waals surface area contributed by atoms with Crippen molar-refractivity contribution in [1.29, 1.82) is 0 Å². The van der Waals surface area contributed by atoms with Crippen LogP contribution in [0.2, 0.25) is 0 Å². The molecule has 0 unspecified atom stereocenters. The SMILES string of the molecule is CCCCS(=O)(=O)N1CCC(C(=O)N2CCN(c3nc(C)cs3)CC2)CC1. The molecule has 152 valence electrons. The van der Waals surface area contributed by atoms with Gasteiger partial charge in [-0.3, -0.25) is 4.79 Å². The van der Waals surface area contributed by atoms with Gasteiger partial charge in [0.25, 0.3) is 0 Å². The van der Waals surface area contributed by atoms with Crippen LogP contribution in [0.4, 0.5) is 5.13 Å². The van der Waals surface area contributed by atoms with Crippen molar-refractivity contribution < 1.29 is 13.2 Å². The molecule has 1 aromatic rings. The lowest BCUT2D eigenvalue weighted by Crippen LogP contribution is -2.52. The van der Waals surface area contributed by atoms with Gasteiger partial charge >= 0.3 is 0 Å². The number of hydrogen-bond acceptors (Lipinski definition) is 6. The van der Waals surface area contributed by atoms with E-state index < -0.39 is 10.0 Å². The number of thiazole rings is 1. The molecule has 0 aromatic carbocycles. The molecule has 7 nitrogen and oxygen atoms in total. The second kappa shape index (κ2) is 8.87. The Morgan fingerprint density at radius 2 is 1.85 bits per heavy atom. The van der Waals surface area contributed by atoms with Crippen molar-refractivity contribution in [2.75, 3.05) is 49.9 Å². The number of aryl methyl sites for hydroxylation is 1. The average molecular weight is 415 g/mol. The van der Waals surface area contributed by atoms with Crippen LogP contribution < -0.4 is 4.90 Å². The summed E-state index contributed by atoms with van der Waals surface area (Å²) in [5.74, 6) is 0.368. The minimum absolute atomic E-state index is 0.0451. The second-order valence-electron chi connectivity index (χ2n) is 7.43. The van der Waals surface area contributed by atoms with Crippen molar-refractivity contribution in [3.63, 3.8) is 0 Å². The number of carbonyl (C=O) groups is 1. The quantitative estimate of drug-likeness (QED) is 0.711. The van der Waals surface area contributed by atoms with Crippen molar-refractivity contribution in [2.45, 2.75) is 39.5 Å². The van der Waals surface area contributed by atoms with Crippen LogP contribution in [0.3, 0.4) is 0 Å². The third kappa shape index (κ3) is 5.00. The highest BCUT2D eigenvalue weighted by molar-refractivity contribution is 7.89. The molecule has 0 bridgehead atoms. The Labute approximate surface area is 166 Å². The Morgan fingerprint density at radius 3 is 2.41 bits per heavy atom. The van der Waals surface area contributed by atoms with Gasteiger partial charge in [0.05, 0.1) is 11.4 Å². The molecule has 0 spiro atoms. The molecule has 9 heteroatoms. The number of sulfonamides is 1. The number of aromatic nitrogens is 1. The van der Waals surface area contributed by atoms with E-state index in [1.807, 2.05) is 18.7 Å². The largest absolute Gasteiger partial charge is 0.345 e. The van der Waals surface area contributed by atoms with E-state index in [0.717, 1.165) is 30.3 Å². The van der Waals surface area contributed by atoms with Gasteiger partial charge in [-0.2, -0.15) is 0 Å². The number of carbonyl (C=O) groups excluding carboxylic acids is 1. The number of piperidine rings is 1. The Bertz CT molecular complexity index is 734. The molecule has 2 aliphatic rings. The van der Waals surface area contributed by atoms with Crippen LogP contribution in [0.5, 0.6) is 0 Å². The summed E-state index contributed by atoms with van der Waals surface area (Å²) in [6, 6.07) is 0. The smallest absolute Gasteiger partial charge is 0.225 e. The van der Waals surface area contributed by atoms with Gasteiger partial charge in [0.15, 0.2) is 5.13 Å². The van der Waals surface area contributed by atoms with E-state index in [2.05, 4.69) is 15.3 Å². The maximum atomic E-state index is 12.9. The van der Waals surface area contributed by atoms with E-state index in [4.69, 9.17) is 0 Å². The lowest BCUT2D eigenvalue weighted by atomic mass is 9.96. The molecule has 0 radical (unpaired) electrons. The summed E-state index contributed by atoms with van der Waals surface area (Å²) in [5.41, 5.74) is 1.04. The summed E-state index contributed by atoms with van der Waals surface area (Å²) in [5, 5.41) is 3.08. The lowest BCUT2D eigenvalue weighted by molar-refractivity contribution is -0.137. The van der Waals surface area contributed by atoms with Gasteiger partial charge in [0.1, 0.15) is 0 Å². The molecule has 2 aliphatic heterocycles. The standard InChI is InChI=1S/C18H30N4O3S2/c1-3-4-13-27(24,25)22-7-5-16(6-8-22)17(23)20-9-11-21(12-10-20)18-19-15(2)14-26-18/h14,16H,3-13H2,1-2H3. The summed E-state index contributed by atoms with van der Waals surface area (Å²) in [4.78, 5) is 21.6. The molecule has 0 saturated carbocycles. The molecule has 2 fully saturated rings. The number of hydrogen-bond donors (Lipinski definition) is 0. The lowest BCUT2D eigenvalue weighted by Gasteiger charge is -2.38. The van der Waals surface area contributed by atoms with Crippen molar-refractivity contribution in [3.8, 4) is 0 Å². The van der Waals surface area contributed by atoms with Crippen LogP contribution in [0.15, 0.2) is 5.38 Å². The second-order valence-corrected chi connectivity index (χ2v) is 10.4. The van der Waals surface area contributed by atoms with E-state index in [9.17, 15) is 13.2 Å². The molecular weight excluding hydrogens is 384 g/mol. The first-order valence-corrected chi connectivity index (χ1v) is 12.3. The third-order valence-electron chi connectivity index (χ3n) is 5.42. The minimum atomic E-state index is -3.16. The predicted molar refractivity (Wildman–Crippen MR) is 109 cm³/mol. The molecule has 3 rings (SSSR count). The number of unbranched alkanes of at least 4 members (excludes halogenated alkanes) is 1. The number of anilines is 1. The van der Waals surface area contributed by atoms with E-state index in [0.29, 0.717) is 45.4 Å². The average Bonchev–Trinajstić information content (AvgIpc) is 3.12. The van der Waals surface area contributed by atoms with Crippen LogP contribution >= 0.6 is 11.3 Å². The van der Waals surface area contributed by atoms with E-state index in [-0.39, 0.29) is 17.6 Å². The Morgan fingerprint density at radius 1 is 1.19 bits per heavy atom. The molecule has 0 atom stereocenters. The van der Waals surface area contributed by atoms with E-state index >= 15 is 0 Å². The fourth-order valence-electron chi connectivity index (χ4n) is 3.70. The van der Waals surface area contributed by atoms with Gasteiger partial charge in [-0.15, -0.1) is 11.3 Å². The van der Waals surface area contributed by atoms with Crippen LogP contribution in [0.25, 0.3) is 0 Å². The molecule has 27 heavy (non-hydrogen) atoms. The third-order valence-corrected chi connectivity index (χ3v) is 8.40. The van der Waals surface area contributed by atoms with Crippen molar-refractivity contribution in [1.82, 2.24) is 14.2 Å². The highest BCUT2D eigenvalue weighted by Crippen LogP contribution is 2.25. The van der Waals surface area contributed by atoms with E-state index in [1.54, 1.807) is 15.6 Å². The summed E-state index contributed by atoms with van der Waals surface area (Å²) < 4.78 is 26.2. The summed E-state index contributed by atoms with van der Waals surface area (Å²) in [6.07, 6.45) is 2.84. The molecule has 0 N–H and O–H groups in total. The van der Waals surface area contributed by atoms with E-state index in [1.165, 1.54) is 0 Å². The van der Waals surface area contributed by atoms with Gasteiger partial charge in [-0.1, -0.05) is 13.3 Å². The summed E-state index contributed by atoms with van der Waals surface area (Å²) >= 11 is 1.65. The topological polar surface area (TPSA) is 73.8 Å². The number of piperazine rings is 1. The molecule has 1 amide bonds. The fourth-order valence-corrected chi connectivity index (χ4v) is 6.24. The van der Waals surface area contributed by atoms with Crippen molar-refractivity contribution >= 4 is 32.4 Å². The molecule has 3 heterocycles. The zero-order chi connectivity index (χ0) is 19.4. The number of nitrogens with zero attached hydrogens (tertiary/aromatic N) is 4. The minimum Gasteiger partial charge on any atom is -0.345 e. The van der Waals surface area contributed by atoms with Crippen molar-refractivity contribution in [2.24, 2.45) is 5.92 Å². The van der Waals surface area contributed by atoms with Crippen LogP contribution in [0, 0.1) is 12.8 Å². The first kappa shape index (κ1) is 20.5. The Balaban J connectivity index is 1.47. The first-order chi connectivity index (χ1) is 12.9. The first-order valence-electron chi connectivity index (χ1n) is 9.84. The maximum Gasteiger partial charge on any atom is 0.225 e. The fraction of sp³-hybridized carbons (Fsp3) is 0.778. The Hall–Kier alpha value is -1.19. The van der Waals surface area contributed by atoms with Gasteiger partial charge in [0, 0.05) is 50.6 Å². The predicted octanol–water partition coefficient (Wildman–Crippen LogP) is 1.94. The van der Waals surface area contributed by atoms with Gasteiger partial charge in [0.2, 0.25) is 15.9 Å². The van der Waals surface area contributed by atoms with Gasteiger partial charge < -0.3 is 9.80 Å². The monoisotopic (exact) mass is 414 g/mol. The highest BCUT2D eigenvalue weighted by atomic mass is 32.2. The van der Waals surface area contributed by atoms with Crippen molar-refractivity contribution in [3.05, 3.63) is 11.1 Å². The summed E-state index contributed by atoms with van der Waals surface area (Å²) in [7, 11) is -3.16. The van der Waals surface area contributed by atoms with Crippen LogP contribution in [0.1, 0.15) is 38.3 Å². The molecule has 0 aliphatic carbocycles. The normalized spacial score (nSPS) is 20.2. The van der Waals surface area contributed by atoms with Gasteiger partial charge in [-0.25, -0.2) is 17.7 Å². The van der Waals surface area contributed by atoms with Crippen LogP contribution in [-0.4, -0.2) is 73.5 Å². The Kier molecular flexibility index (Phi) is 6.75. The number of rotatable bonds is 6. The zero-order valence-corrected chi connectivity index (χ0v) is 17.9. The molecule has 2 saturated heterocycles. The van der Waals surface area contributed by atoms with Crippen LogP contribution in [-0.2, 0) is 14.8 Å². The number of amides is 1. The van der Waals surface area contributed by atoms with Gasteiger partial charge in [-0.05, 0) is 26.2 Å². The maximum absolute atomic E-state index is 12.9. The summed E-state index contributed by atoms with van der Waals surface area (Å²) in [6.45, 7) is 7.98. The molecule has 1 aromatic heterocycles. The molecular formula is C18H30N4O3S2. The highest BCUT2D eigenvalue weighted by Gasteiger charge is 2.33. The zero-order valence-electron chi connectivity index (χ0n) is 16.3.